The van der Waals surface area contributed by atoms with E-state index in [4.69, 9.17) is 15.2 Å². The maximum Gasteiger partial charge on any atom is 0.499 e. The van der Waals surface area contributed by atoms with Crippen molar-refractivity contribution < 1.29 is 18.8 Å². The molecule has 1 fully saturated rings. The molecule has 0 aromatic carbocycles. The Morgan fingerprint density at radius 3 is 2.58 bits per heavy atom. The van der Waals surface area contributed by atoms with Crippen molar-refractivity contribution in [3.05, 3.63) is 22.7 Å². The predicted octanol–water partition coefficient (Wildman–Crippen LogP) is 4.03. The average Bonchev–Trinajstić information content (AvgIpc) is 3.21. The third-order valence-electron chi connectivity index (χ3n) is 5.20. The number of rotatable bonds is 16. The number of hydrogen-bond acceptors (Lipinski definition) is 7. The smallest absolute Gasteiger partial charge is 0.462 e. The summed E-state index contributed by atoms with van der Waals surface area (Å²) in [7, 11) is 0. The molecule has 1 aliphatic heterocycles. The van der Waals surface area contributed by atoms with Gasteiger partial charge >= 0.3 is 11.7 Å². The fourth-order valence-corrected chi connectivity index (χ4v) is 5.14. The molecule has 0 aliphatic carbocycles. The zero-order valence-electron chi connectivity index (χ0n) is 18.7. The summed E-state index contributed by atoms with van der Waals surface area (Å²) in [5, 5.41) is 0. The van der Waals surface area contributed by atoms with E-state index >= 15 is 0 Å². The lowest BCUT2D eigenvalue weighted by Gasteiger charge is -2.11. The first-order valence-electron chi connectivity index (χ1n) is 11.5. The van der Waals surface area contributed by atoms with Crippen LogP contribution < -0.4 is 16.0 Å². The number of anilines is 1. The summed E-state index contributed by atoms with van der Waals surface area (Å²) in [6.07, 6.45) is 12.8. The maximum absolute atomic E-state index is 12.0. The zero-order valence-corrected chi connectivity index (χ0v) is 20.3. The van der Waals surface area contributed by atoms with Gasteiger partial charge in [0.25, 0.3) is 0 Å². The number of unbranched alkanes of at least 4 members (excludes halogenated alkanes) is 8. The summed E-state index contributed by atoms with van der Waals surface area (Å²) in [5.74, 6) is 3.30. The van der Waals surface area contributed by atoms with Crippen molar-refractivity contribution in [2.75, 3.05) is 29.6 Å². The van der Waals surface area contributed by atoms with Gasteiger partial charge < -0.3 is 15.2 Å². The summed E-state index contributed by atoms with van der Waals surface area (Å²) >= 11 is 3.58. The van der Waals surface area contributed by atoms with Crippen molar-refractivity contribution in [3.63, 3.8) is 0 Å². The molecule has 176 valence electrons. The van der Waals surface area contributed by atoms with E-state index in [1.807, 2.05) is 11.8 Å². The van der Waals surface area contributed by atoms with Gasteiger partial charge in [-0.25, -0.2) is 0 Å². The highest BCUT2D eigenvalue weighted by Crippen LogP contribution is 2.28. The Morgan fingerprint density at radius 1 is 1.23 bits per heavy atom. The number of nitrogens with zero attached hydrogens (tertiary/aromatic N) is 1. The van der Waals surface area contributed by atoms with E-state index in [-0.39, 0.29) is 29.9 Å². The standard InChI is InChI=1S/C22H37N3O4S2/c1-2-30-15-11-9-7-5-3-4-6-8-10-12-20(26)28-16-21-29-19(17-31-21)25-14-13-18(23)24-22(25)27/h13-14,19,21H,2-12,15-17H2,1H3,(H2,23,24,27)/p+1/t19-,21+/m0/s1. The average molecular weight is 473 g/mol. The Kier molecular flexibility index (Phi) is 13.1. The van der Waals surface area contributed by atoms with Crippen molar-refractivity contribution in [3.8, 4) is 0 Å². The van der Waals surface area contributed by atoms with Crippen LogP contribution in [-0.2, 0) is 14.3 Å². The minimum absolute atomic E-state index is 0.171. The molecule has 0 radical (unpaired) electrons. The van der Waals surface area contributed by atoms with E-state index in [0.29, 0.717) is 18.0 Å². The van der Waals surface area contributed by atoms with Gasteiger partial charge in [-0.3, -0.25) is 4.79 Å². The zero-order chi connectivity index (χ0) is 22.3. The first-order chi connectivity index (χ1) is 15.1. The molecule has 2 heterocycles. The van der Waals surface area contributed by atoms with Gasteiger partial charge in [0.15, 0.2) is 5.82 Å². The minimum atomic E-state index is -0.381. The van der Waals surface area contributed by atoms with E-state index in [2.05, 4.69) is 11.9 Å². The van der Waals surface area contributed by atoms with Gasteiger partial charge in [0.1, 0.15) is 18.2 Å². The van der Waals surface area contributed by atoms with Crippen molar-refractivity contribution >= 4 is 35.3 Å². The van der Waals surface area contributed by atoms with Crippen LogP contribution in [0.3, 0.4) is 0 Å². The normalized spacial score (nSPS) is 18.4. The first-order valence-corrected chi connectivity index (χ1v) is 13.7. The van der Waals surface area contributed by atoms with Gasteiger partial charge in [0.05, 0.1) is 5.75 Å². The second-order valence-electron chi connectivity index (χ2n) is 7.77. The van der Waals surface area contributed by atoms with Gasteiger partial charge in [-0.15, -0.1) is 11.8 Å². The Labute approximate surface area is 194 Å². The van der Waals surface area contributed by atoms with Crippen LogP contribution in [0.15, 0.2) is 17.1 Å². The molecule has 31 heavy (non-hydrogen) atoms. The molecular weight excluding hydrogens is 434 g/mol. The van der Waals surface area contributed by atoms with Crippen LogP contribution in [0, 0.1) is 0 Å². The first kappa shape index (κ1) is 26.1. The lowest BCUT2D eigenvalue weighted by Crippen LogP contribution is -2.55. The van der Waals surface area contributed by atoms with Crippen LogP contribution in [0.5, 0.6) is 0 Å². The number of carbonyl (C=O) groups is 1. The second kappa shape index (κ2) is 15.6. The molecule has 0 bridgehead atoms. The van der Waals surface area contributed by atoms with Crippen molar-refractivity contribution in [1.82, 2.24) is 4.98 Å². The summed E-state index contributed by atoms with van der Waals surface area (Å²) in [6, 6.07) is 1.62. The number of H-pyrrole nitrogens is 1. The summed E-state index contributed by atoms with van der Waals surface area (Å²) in [6.45, 7) is 2.43. The van der Waals surface area contributed by atoms with Crippen LogP contribution in [0.2, 0.25) is 0 Å². The van der Waals surface area contributed by atoms with Crippen LogP contribution in [0.4, 0.5) is 5.82 Å². The monoisotopic (exact) mass is 472 g/mol. The van der Waals surface area contributed by atoms with Gasteiger partial charge in [0.2, 0.25) is 6.23 Å². The number of carbonyl (C=O) groups excluding carboxylic acids is 1. The fraction of sp³-hybridized carbons (Fsp3) is 0.773. The van der Waals surface area contributed by atoms with Gasteiger partial charge in [-0.2, -0.15) is 26.1 Å². The molecule has 1 aliphatic rings. The van der Waals surface area contributed by atoms with Crippen molar-refractivity contribution in [2.24, 2.45) is 0 Å². The molecule has 1 aromatic rings. The molecule has 7 nitrogen and oxygen atoms in total. The number of nitrogens with two attached hydrogens (primary N) is 1. The number of hydrogen-bond donors (Lipinski definition) is 2. The van der Waals surface area contributed by atoms with Crippen molar-refractivity contribution in [1.29, 1.82) is 0 Å². The largest absolute Gasteiger partial charge is 0.499 e. The highest BCUT2D eigenvalue weighted by atomic mass is 32.2. The molecule has 9 heteroatoms. The van der Waals surface area contributed by atoms with Crippen LogP contribution in [-0.4, -0.2) is 40.3 Å². The Morgan fingerprint density at radius 2 is 1.90 bits per heavy atom. The summed E-state index contributed by atoms with van der Waals surface area (Å²) < 4.78 is 12.6. The highest BCUT2D eigenvalue weighted by Gasteiger charge is 2.32. The van der Waals surface area contributed by atoms with Crippen molar-refractivity contribution in [2.45, 2.75) is 82.8 Å². The topological polar surface area (TPSA) is 98.3 Å². The number of aromatic nitrogens is 2. The molecule has 0 amide bonds. The number of aromatic amines is 1. The molecule has 0 unspecified atom stereocenters. The summed E-state index contributed by atoms with van der Waals surface area (Å²) in [4.78, 5) is 26.5. The lowest BCUT2D eigenvalue weighted by atomic mass is 10.1. The van der Waals surface area contributed by atoms with Crippen LogP contribution in [0.1, 0.15) is 77.4 Å². The highest BCUT2D eigenvalue weighted by molar-refractivity contribution is 8.00. The molecule has 1 saturated heterocycles. The third-order valence-corrected chi connectivity index (χ3v) is 7.28. The van der Waals surface area contributed by atoms with E-state index in [9.17, 15) is 9.59 Å². The predicted molar refractivity (Wildman–Crippen MR) is 128 cm³/mol. The number of nitrogens with one attached hydrogen (secondary N) is 1. The quantitative estimate of drug-likeness (QED) is 0.213. The summed E-state index contributed by atoms with van der Waals surface area (Å²) in [5.41, 5.74) is 5.00. The molecule has 1 aromatic heterocycles. The Hall–Kier alpha value is -1.19. The number of nitrogen functional groups attached to an aromatic ring is 1. The van der Waals surface area contributed by atoms with Gasteiger partial charge in [0, 0.05) is 12.5 Å². The van der Waals surface area contributed by atoms with Crippen LogP contribution >= 0.6 is 23.5 Å². The van der Waals surface area contributed by atoms with E-state index in [0.717, 1.165) is 12.8 Å². The molecule has 3 N–H and O–H groups in total. The second-order valence-corrected chi connectivity index (χ2v) is 10.4. The number of thioether (sulfide) groups is 2. The molecule has 0 saturated carbocycles. The number of ether oxygens (including phenoxy) is 2. The molecule has 2 atom stereocenters. The third kappa shape index (κ3) is 10.8. The van der Waals surface area contributed by atoms with E-state index in [1.54, 1.807) is 24.0 Å². The van der Waals surface area contributed by atoms with E-state index < -0.39 is 0 Å². The fourth-order valence-electron chi connectivity index (χ4n) is 3.45. The van der Waals surface area contributed by atoms with E-state index in [1.165, 1.54) is 61.0 Å². The lowest BCUT2D eigenvalue weighted by molar-refractivity contribution is -0.770. The number of esters is 1. The maximum atomic E-state index is 12.0. The molecule has 0 spiro atoms. The molecule has 2 rings (SSSR count). The molecular formula is C22H38N3O4S2+. The minimum Gasteiger partial charge on any atom is -0.462 e. The Balaban J connectivity index is 1.45. The van der Waals surface area contributed by atoms with Crippen LogP contribution in [0.25, 0.3) is 0 Å². The SMILES string of the molecule is CCSCCCCCCCCCCCC(=O)OC[C@@H]1O[C@H]([n+]2ccc(N)[nH]c2=O)CS1. The van der Waals surface area contributed by atoms with Gasteiger partial charge in [-0.1, -0.05) is 51.9 Å². The Bertz CT molecular complexity index is 702. The van der Waals surface area contributed by atoms with Gasteiger partial charge in [-0.05, 0) is 24.3 Å².